The lowest BCUT2D eigenvalue weighted by Gasteiger charge is -2.16. The number of hydrogen-bond donors (Lipinski definition) is 4. The van der Waals surface area contributed by atoms with E-state index in [0.717, 1.165) is 16.7 Å². The smallest absolute Gasteiger partial charge is 0.320 e. The molecule has 33 heavy (non-hydrogen) atoms. The molecule has 1 atom stereocenters. The van der Waals surface area contributed by atoms with E-state index in [0.29, 0.717) is 47.0 Å². The average Bonchev–Trinajstić information content (AvgIpc) is 2.77. The zero-order valence-electron chi connectivity index (χ0n) is 18.5. The van der Waals surface area contributed by atoms with E-state index in [1.54, 1.807) is 24.4 Å². The van der Waals surface area contributed by atoms with Crippen molar-refractivity contribution in [3.05, 3.63) is 69.8 Å². The second-order valence-corrected chi connectivity index (χ2v) is 8.96. The standard InChI is InChI=1S/C24H27Cl2N5O2/c1-14(2)10-20(24(32)33)28-11-15-6-8-16(9-7-15)21-13-29-22(27)23(31-21)30-12-17-18(25)4-3-5-19(17)26/h3-9,13-14,20,28H,10-12H2,1-2H3,(H2,27,29)(H,30,31)(H,32,33)/t20-/m1/s1. The molecular formula is C24H27Cl2N5O2. The molecule has 5 N–H and O–H groups in total. The molecular weight excluding hydrogens is 461 g/mol. The highest BCUT2D eigenvalue weighted by Gasteiger charge is 2.18. The van der Waals surface area contributed by atoms with Gasteiger partial charge in [-0.25, -0.2) is 9.97 Å². The van der Waals surface area contributed by atoms with E-state index in [1.165, 1.54) is 0 Å². The molecule has 174 valence electrons. The van der Waals surface area contributed by atoms with Crippen molar-refractivity contribution in [1.82, 2.24) is 15.3 Å². The molecule has 0 aliphatic rings. The number of carboxylic acids is 1. The van der Waals surface area contributed by atoms with Crippen molar-refractivity contribution >= 4 is 40.8 Å². The molecule has 0 bridgehead atoms. The van der Waals surface area contributed by atoms with Crippen LogP contribution in [0.1, 0.15) is 31.4 Å². The van der Waals surface area contributed by atoms with Crippen LogP contribution in [-0.4, -0.2) is 27.1 Å². The Labute approximate surface area is 203 Å². The lowest BCUT2D eigenvalue weighted by atomic mass is 10.0. The Kier molecular flexibility index (Phi) is 8.49. The van der Waals surface area contributed by atoms with Crippen LogP contribution in [0.3, 0.4) is 0 Å². The van der Waals surface area contributed by atoms with Gasteiger partial charge in [-0.15, -0.1) is 0 Å². The quantitative estimate of drug-likeness (QED) is 0.309. The normalized spacial score (nSPS) is 12.0. The van der Waals surface area contributed by atoms with Crippen LogP contribution in [0.25, 0.3) is 11.3 Å². The van der Waals surface area contributed by atoms with Crippen LogP contribution < -0.4 is 16.4 Å². The number of nitrogens with two attached hydrogens (primary N) is 1. The van der Waals surface area contributed by atoms with E-state index < -0.39 is 12.0 Å². The van der Waals surface area contributed by atoms with Crippen molar-refractivity contribution in [1.29, 1.82) is 0 Å². The third-order valence-electron chi connectivity index (χ3n) is 5.10. The van der Waals surface area contributed by atoms with Gasteiger partial charge in [0.2, 0.25) is 0 Å². The summed E-state index contributed by atoms with van der Waals surface area (Å²) in [5.41, 5.74) is 9.24. The van der Waals surface area contributed by atoms with Crippen molar-refractivity contribution in [2.45, 2.75) is 39.4 Å². The number of nitrogen functional groups attached to an aromatic ring is 1. The van der Waals surface area contributed by atoms with Gasteiger partial charge in [0.15, 0.2) is 11.6 Å². The van der Waals surface area contributed by atoms with Gasteiger partial charge in [0.05, 0.1) is 11.9 Å². The van der Waals surface area contributed by atoms with Crippen LogP contribution in [0.15, 0.2) is 48.7 Å². The Morgan fingerprint density at radius 1 is 1.09 bits per heavy atom. The predicted octanol–water partition coefficient (Wildman–Crippen LogP) is 5.23. The molecule has 3 aromatic rings. The van der Waals surface area contributed by atoms with Crippen molar-refractivity contribution < 1.29 is 9.90 Å². The highest BCUT2D eigenvalue weighted by Crippen LogP contribution is 2.27. The Morgan fingerprint density at radius 2 is 1.76 bits per heavy atom. The molecule has 0 spiro atoms. The third kappa shape index (κ3) is 6.81. The molecule has 0 radical (unpaired) electrons. The van der Waals surface area contributed by atoms with Gasteiger partial charge in [-0.1, -0.05) is 67.4 Å². The molecule has 0 saturated carbocycles. The lowest BCUT2D eigenvalue weighted by molar-refractivity contribution is -0.140. The summed E-state index contributed by atoms with van der Waals surface area (Å²) in [5.74, 6) is 0.164. The molecule has 0 amide bonds. The lowest BCUT2D eigenvalue weighted by Crippen LogP contribution is -2.37. The maximum atomic E-state index is 11.4. The van der Waals surface area contributed by atoms with Crippen LogP contribution >= 0.6 is 23.2 Å². The van der Waals surface area contributed by atoms with Gasteiger partial charge < -0.3 is 21.5 Å². The summed E-state index contributed by atoms with van der Waals surface area (Å²) in [6.07, 6.45) is 2.18. The molecule has 1 aromatic heterocycles. The van der Waals surface area contributed by atoms with Crippen molar-refractivity contribution in [2.24, 2.45) is 5.92 Å². The average molecular weight is 488 g/mol. The monoisotopic (exact) mass is 487 g/mol. The zero-order chi connectivity index (χ0) is 24.0. The number of nitrogens with zero attached hydrogens (tertiary/aromatic N) is 2. The molecule has 1 heterocycles. The Hall–Kier alpha value is -2.87. The number of aliphatic carboxylic acids is 1. The fraction of sp³-hybridized carbons (Fsp3) is 0.292. The number of benzene rings is 2. The molecule has 3 rings (SSSR count). The van der Waals surface area contributed by atoms with Crippen LogP contribution in [0, 0.1) is 5.92 Å². The number of aromatic nitrogens is 2. The van der Waals surface area contributed by atoms with Gasteiger partial charge in [0.1, 0.15) is 6.04 Å². The van der Waals surface area contributed by atoms with E-state index in [-0.39, 0.29) is 5.82 Å². The minimum atomic E-state index is -0.837. The maximum absolute atomic E-state index is 11.4. The molecule has 0 saturated heterocycles. The molecule has 0 fully saturated rings. The van der Waals surface area contributed by atoms with Gasteiger partial charge in [0, 0.05) is 34.3 Å². The fourth-order valence-electron chi connectivity index (χ4n) is 3.32. The van der Waals surface area contributed by atoms with Crippen LogP contribution in [-0.2, 0) is 17.9 Å². The van der Waals surface area contributed by atoms with E-state index in [1.807, 2.05) is 38.1 Å². The van der Waals surface area contributed by atoms with E-state index in [9.17, 15) is 9.90 Å². The first-order chi connectivity index (χ1) is 15.7. The second-order valence-electron chi connectivity index (χ2n) is 8.14. The zero-order valence-corrected chi connectivity index (χ0v) is 20.0. The Bertz CT molecular complexity index is 1090. The summed E-state index contributed by atoms with van der Waals surface area (Å²) in [7, 11) is 0. The van der Waals surface area contributed by atoms with Crippen molar-refractivity contribution in [2.75, 3.05) is 11.1 Å². The van der Waals surface area contributed by atoms with E-state index in [2.05, 4.69) is 20.6 Å². The van der Waals surface area contributed by atoms with E-state index in [4.69, 9.17) is 28.9 Å². The van der Waals surface area contributed by atoms with Crippen molar-refractivity contribution in [3.8, 4) is 11.3 Å². The Balaban J connectivity index is 1.69. The first-order valence-electron chi connectivity index (χ1n) is 10.6. The third-order valence-corrected chi connectivity index (χ3v) is 5.81. The summed E-state index contributed by atoms with van der Waals surface area (Å²) in [6.45, 7) is 4.83. The minimum absolute atomic E-state index is 0.271. The summed E-state index contributed by atoms with van der Waals surface area (Å²) in [6, 6.07) is 12.5. The summed E-state index contributed by atoms with van der Waals surface area (Å²) < 4.78 is 0. The molecule has 7 nitrogen and oxygen atoms in total. The van der Waals surface area contributed by atoms with E-state index >= 15 is 0 Å². The van der Waals surface area contributed by atoms with Crippen molar-refractivity contribution in [3.63, 3.8) is 0 Å². The summed E-state index contributed by atoms with van der Waals surface area (Å²) in [5, 5.41) is 16.8. The first-order valence-corrected chi connectivity index (χ1v) is 11.3. The van der Waals surface area contributed by atoms with Gasteiger partial charge in [-0.2, -0.15) is 0 Å². The molecule has 9 heteroatoms. The van der Waals surface area contributed by atoms with Gasteiger partial charge in [-0.3, -0.25) is 4.79 Å². The predicted molar refractivity (Wildman–Crippen MR) is 133 cm³/mol. The van der Waals surface area contributed by atoms with Crippen LogP contribution in [0.4, 0.5) is 11.6 Å². The van der Waals surface area contributed by atoms with Crippen LogP contribution in [0.2, 0.25) is 10.0 Å². The number of nitrogens with one attached hydrogen (secondary N) is 2. The number of carboxylic acid groups (broad SMARTS) is 1. The minimum Gasteiger partial charge on any atom is -0.480 e. The second kappa shape index (κ2) is 11.3. The van der Waals surface area contributed by atoms with Gasteiger partial charge >= 0.3 is 5.97 Å². The molecule has 0 aliphatic carbocycles. The Morgan fingerprint density at radius 3 is 2.36 bits per heavy atom. The summed E-state index contributed by atoms with van der Waals surface area (Å²) in [4.78, 5) is 20.3. The van der Waals surface area contributed by atoms with Gasteiger partial charge in [0.25, 0.3) is 0 Å². The largest absolute Gasteiger partial charge is 0.480 e. The fourth-order valence-corrected chi connectivity index (χ4v) is 3.85. The first kappa shape index (κ1) is 24.8. The highest BCUT2D eigenvalue weighted by atomic mass is 35.5. The molecule has 0 aliphatic heterocycles. The molecule has 0 unspecified atom stereocenters. The number of carbonyl (C=O) groups is 1. The number of anilines is 2. The maximum Gasteiger partial charge on any atom is 0.320 e. The van der Waals surface area contributed by atoms with Crippen LogP contribution in [0.5, 0.6) is 0 Å². The molecule has 2 aromatic carbocycles. The highest BCUT2D eigenvalue weighted by molar-refractivity contribution is 6.36. The number of halogens is 2. The summed E-state index contributed by atoms with van der Waals surface area (Å²) >= 11 is 12.5. The SMILES string of the molecule is CC(C)C[C@@H](NCc1ccc(-c2cnc(N)c(NCc3c(Cl)cccc3Cl)n2)cc1)C(=O)O. The van der Waals surface area contributed by atoms with Gasteiger partial charge in [-0.05, 0) is 30.0 Å². The number of rotatable bonds is 10. The number of hydrogen-bond acceptors (Lipinski definition) is 6. The topological polar surface area (TPSA) is 113 Å².